The van der Waals surface area contributed by atoms with E-state index >= 15 is 0 Å². The highest BCUT2D eigenvalue weighted by molar-refractivity contribution is 5.90. The zero-order chi connectivity index (χ0) is 15.4. The van der Waals surface area contributed by atoms with E-state index in [-0.39, 0.29) is 12.3 Å². The maximum absolute atomic E-state index is 11.9. The molecular formula is C14H15N3O4. The first-order chi connectivity index (χ1) is 10.0. The molecule has 21 heavy (non-hydrogen) atoms. The molecule has 2 rings (SSSR count). The summed E-state index contributed by atoms with van der Waals surface area (Å²) in [6.45, 7) is 1.85. The number of aromatic nitrogens is 2. The highest BCUT2D eigenvalue weighted by Crippen LogP contribution is 2.18. The van der Waals surface area contributed by atoms with Crippen LogP contribution in [0.25, 0.3) is 0 Å². The van der Waals surface area contributed by atoms with Crippen molar-refractivity contribution in [2.75, 3.05) is 6.61 Å². The Labute approximate surface area is 121 Å². The van der Waals surface area contributed by atoms with Crippen LogP contribution in [0.5, 0.6) is 0 Å². The van der Waals surface area contributed by atoms with E-state index in [1.165, 1.54) is 12.3 Å². The number of hydrogen-bond donors (Lipinski definition) is 0. The van der Waals surface area contributed by atoms with Crippen LogP contribution in [0, 0.1) is 17.0 Å². The second-order valence-corrected chi connectivity index (χ2v) is 4.54. The van der Waals surface area contributed by atoms with Crippen molar-refractivity contribution in [3.05, 3.63) is 57.4 Å². The van der Waals surface area contributed by atoms with Gasteiger partial charge in [-0.25, -0.2) is 4.79 Å². The van der Waals surface area contributed by atoms with Gasteiger partial charge in [-0.2, -0.15) is 5.10 Å². The summed E-state index contributed by atoms with van der Waals surface area (Å²) in [7, 11) is 1.74. The summed E-state index contributed by atoms with van der Waals surface area (Å²) in [5.41, 5.74) is 1.69. The number of ether oxygens (including phenoxy) is 1. The SMILES string of the molecule is Cc1c(C(=O)OCCc2ccccc2[N+](=O)[O-])cnn1C. The highest BCUT2D eigenvalue weighted by atomic mass is 16.6. The van der Waals surface area contributed by atoms with Crippen LogP contribution in [-0.2, 0) is 18.2 Å². The van der Waals surface area contributed by atoms with E-state index in [4.69, 9.17) is 4.74 Å². The molecule has 110 valence electrons. The van der Waals surface area contributed by atoms with Gasteiger partial charge in [0, 0.05) is 30.8 Å². The number of nitro benzene ring substituents is 1. The summed E-state index contributed by atoms with van der Waals surface area (Å²) in [5, 5.41) is 14.8. The average Bonchev–Trinajstić information content (AvgIpc) is 2.79. The van der Waals surface area contributed by atoms with Crippen LogP contribution in [0.3, 0.4) is 0 Å². The average molecular weight is 289 g/mol. The van der Waals surface area contributed by atoms with Gasteiger partial charge in [-0.15, -0.1) is 0 Å². The van der Waals surface area contributed by atoms with Crippen LogP contribution >= 0.6 is 0 Å². The molecule has 1 aromatic carbocycles. The summed E-state index contributed by atoms with van der Waals surface area (Å²) in [6, 6.07) is 6.41. The lowest BCUT2D eigenvalue weighted by Gasteiger charge is -2.05. The molecule has 0 spiro atoms. The summed E-state index contributed by atoms with van der Waals surface area (Å²) >= 11 is 0. The number of aryl methyl sites for hydroxylation is 1. The second kappa shape index (κ2) is 6.17. The topological polar surface area (TPSA) is 87.3 Å². The smallest absolute Gasteiger partial charge is 0.341 e. The van der Waals surface area contributed by atoms with E-state index in [0.717, 1.165) is 0 Å². The number of hydrogen-bond acceptors (Lipinski definition) is 5. The lowest BCUT2D eigenvalue weighted by Crippen LogP contribution is -2.10. The lowest BCUT2D eigenvalue weighted by atomic mass is 10.1. The van der Waals surface area contributed by atoms with Gasteiger partial charge in [0.05, 0.1) is 17.7 Å². The Morgan fingerprint density at radius 3 is 2.76 bits per heavy atom. The van der Waals surface area contributed by atoms with Crippen LogP contribution in [0.15, 0.2) is 30.5 Å². The number of carbonyl (C=O) groups excluding carboxylic acids is 1. The first-order valence-electron chi connectivity index (χ1n) is 6.38. The Bertz CT molecular complexity index is 679. The number of benzene rings is 1. The molecule has 7 nitrogen and oxygen atoms in total. The monoisotopic (exact) mass is 289 g/mol. The van der Waals surface area contributed by atoms with E-state index in [9.17, 15) is 14.9 Å². The zero-order valence-corrected chi connectivity index (χ0v) is 11.8. The van der Waals surface area contributed by atoms with Gasteiger partial charge in [0.2, 0.25) is 0 Å². The van der Waals surface area contributed by atoms with Crippen molar-refractivity contribution in [3.63, 3.8) is 0 Å². The van der Waals surface area contributed by atoms with E-state index < -0.39 is 10.9 Å². The molecule has 0 aliphatic heterocycles. The molecular weight excluding hydrogens is 274 g/mol. The molecule has 7 heteroatoms. The molecule has 2 aromatic rings. The molecule has 0 fully saturated rings. The van der Waals surface area contributed by atoms with Crippen molar-refractivity contribution in [3.8, 4) is 0 Å². The number of esters is 1. The zero-order valence-electron chi connectivity index (χ0n) is 11.8. The minimum atomic E-state index is -0.473. The lowest BCUT2D eigenvalue weighted by molar-refractivity contribution is -0.385. The number of rotatable bonds is 5. The number of carbonyl (C=O) groups is 1. The summed E-state index contributed by atoms with van der Waals surface area (Å²) in [5.74, 6) is -0.473. The van der Waals surface area contributed by atoms with Crippen LogP contribution in [0.4, 0.5) is 5.69 Å². The maximum Gasteiger partial charge on any atom is 0.341 e. The molecule has 0 atom stereocenters. The first kappa shape index (κ1) is 14.7. The fourth-order valence-corrected chi connectivity index (χ4v) is 1.93. The predicted molar refractivity (Wildman–Crippen MR) is 75.0 cm³/mol. The number of nitro groups is 1. The van der Waals surface area contributed by atoms with E-state index in [2.05, 4.69) is 5.10 Å². The second-order valence-electron chi connectivity index (χ2n) is 4.54. The van der Waals surface area contributed by atoms with Crippen molar-refractivity contribution in [1.82, 2.24) is 9.78 Å². The Kier molecular flexibility index (Phi) is 4.32. The molecule has 0 aliphatic rings. The Balaban J connectivity index is 1.97. The largest absolute Gasteiger partial charge is 0.462 e. The Morgan fingerprint density at radius 1 is 1.43 bits per heavy atom. The third-order valence-corrected chi connectivity index (χ3v) is 3.25. The highest BCUT2D eigenvalue weighted by Gasteiger charge is 2.16. The fourth-order valence-electron chi connectivity index (χ4n) is 1.93. The molecule has 0 amide bonds. The number of nitrogens with zero attached hydrogens (tertiary/aromatic N) is 3. The molecule has 0 bridgehead atoms. The third kappa shape index (κ3) is 3.25. The van der Waals surface area contributed by atoms with Gasteiger partial charge in [-0.05, 0) is 6.92 Å². The molecule has 0 aliphatic carbocycles. The normalized spacial score (nSPS) is 10.4. The van der Waals surface area contributed by atoms with Gasteiger partial charge in [-0.3, -0.25) is 14.8 Å². The third-order valence-electron chi connectivity index (χ3n) is 3.25. The summed E-state index contributed by atoms with van der Waals surface area (Å²) in [6.07, 6.45) is 1.74. The quantitative estimate of drug-likeness (QED) is 0.477. The molecule has 0 radical (unpaired) electrons. The first-order valence-corrected chi connectivity index (χ1v) is 6.38. The van der Waals surface area contributed by atoms with Gasteiger partial charge in [0.25, 0.3) is 5.69 Å². The van der Waals surface area contributed by atoms with Crippen molar-refractivity contribution in [2.45, 2.75) is 13.3 Å². The maximum atomic E-state index is 11.9. The molecule has 1 aromatic heterocycles. The summed E-state index contributed by atoms with van der Waals surface area (Å²) in [4.78, 5) is 22.3. The van der Waals surface area contributed by atoms with Gasteiger partial charge in [0.15, 0.2) is 0 Å². The predicted octanol–water partition coefficient (Wildman–Crippen LogP) is 2.04. The van der Waals surface area contributed by atoms with Crippen molar-refractivity contribution >= 4 is 11.7 Å². The van der Waals surface area contributed by atoms with Crippen LogP contribution < -0.4 is 0 Å². The Morgan fingerprint density at radius 2 is 2.14 bits per heavy atom. The van der Waals surface area contributed by atoms with Crippen LogP contribution in [0.1, 0.15) is 21.6 Å². The van der Waals surface area contributed by atoms with E-state index in [1.54, 1.807) is 36.9 Å². The van der Waals surface area contributed by atoms with Crippen LogP contribution in [-0.4, -0.2) is 27.3 Å². The molecule has 0 saturated heterocycles. The molecule has 0 N–H and O–H groups in total. The van der Waals surface area contributed by atoms with E-state index in [1.807, 2.05) is 0 Å². The van der Waals surface area contributed by atoms with Crippen molar-refractivity contribution in [2.24, 2.45) is 7.05 Å². The van der Waals surface area contributed by atoms with Gasteiger partial charge >= 0.3 is 5.97 Å². The number of para-hydroxylation sites is 1. The van der Waals surface area contributed by atoms with Gasteiger partial charge < -0.3 is 4.74 Å². The van der Waals surface area contributed by atoms with Gasteiger partial charge in [0.1, 0.15) is 5.56 Å². The minimum Gasteiger partial charge on any atom is -0.462 e. The Hall–Kier alpha value is -2.70. The van der Waals surface area contributed by atoms with E-state index in [0.29, 0.717) is 23.2 Å². The van der Waals surface area contributed by atoms with Crippen molar-refractivity contribution in [1.29, 1.82) is 0 Å². The minimum absolute atomic E-state index is 0.0334. The van der Waals surface area contributed by atoms with Gasteiger partial charge in [-0.1, -0.05) is 18.2 Å². The standard InChI is InChI=1S/C14H15N3O4/c1-10-12(9-15-16(10)2)14(18)21-8-7-11-5-3-4-6-13(11)17(19)20/h3-6,9H,7-8H2,1-2H3. The summed E-state index contributed by atoms with van der Waals surface area (Å²) < 4.78 is 6.73. The fraction of sp³-hybridized carbons (Fsp3) is 0.286. The molecule has 1 heterocycles. The van der Waals surface area contributed by atoms with Crippen LogP contribution in [0.2, 0.25) is 0 Å². The van der Waals surface area contributed by atoms with Crippen molar-refractivity contribution < 1.29 is 14.5 Å². The molecule has 0 unspecified atom stereocenters. The molecule has 0 saturated carbocycles.